The molecule has 0 saturated heterocycles. The van der Waals surface area contributed by atoms with Crippen LogP contribution in [0.4, 0.5) is 4.39 Å². The summed E-state index contributed by atoms with van der Waals surface area (Å²) in [5.74, 6) is 2.46. The van der Waals surface area contributed by atoms with Crippen LogP contribution in [0.15, 0.2) is 42.5 Å². The molecule has 5 atom stereocenters. The van der Waals surface area contributed by atoms with E-state index in [9.17, 15) is 9.18 Å². The lowest BCUT2D eigenvalue weighted by Crippen LogP contribution is -2.45. The highest BCUT2D eigenvalue weighted by molar-refractivity contribution is 5.69. The molecule has 0 spiro atoms. The largest absolute Gasteiger partial charge is 0.489 e. The summed E-state index contributed by atoms with van der Waals surface area (Å²) in [6, 6.07) is 13.3. The van der Waals surface area contributed by atoms with E-state index in [2.05, 4.69) is 32.0 Å². The zero-order valence-electron chi connectivity index (χ0n) is 20.5. The van der Waals surface area contributed by atoms with E-state index in [1.54, 1.807) is 12.1 Å². The summed E-state index contributed by atoms with van der Waals surface area (Å²) in [7, 11) is 0. The molecule has 182 valence electrons. The topological polar surface area (TPSA) is 35.5 Å². The van der Waals surface area contributed by atoms with Crippen molar-refractivity contribution in [2.24, 2.45) is 17.3 Å². The Labute approximate surface area is 203 Å². The second-order valence-electron chi connectivity index (χ2n) is 10.9. The Balaban J connectivity index is 1.27. The van der Waals surface area contributed by atoms with E-state index in [-0.39, 0.29) is 29.9 Å². The molecule has 2 fully saturated rings. The summed E-state index contributed by atoms with van der Waals surface area (Å²) >= 11 is 0. The normalized spacial score (nSPS) is 29.6. The van der Waals surface area contributed by atoms with Crippen molar-refractivity contribution in [3.8, 4) is 5.75 Å². The van der Waals surface area contributed by atoms with Crippen molar-refractivity contribution >= 4 is 5.97 Å². The number of carbonyl (C=O) groups excluding carboxylic acids is 1. The van der Waals surface area contributed by atoms with Gasteiger partial charge in [0.2, 0.25) is 0 Å². The van der Waals surface area contributed by atoms with Crippen molar-refractivity contribution in [1.29, 1.82) is 0 Å². The van der Waals surface area contributed by atoms with Gasteiger partial charge < -0.3 is 9.47 Å². The quantitative estimate of drug-likeness (QED) is 0.402. The van der Waals surface area contributed by atoms with Crippen LogP contribution in [0.3, 0.4) is 0 Å². The zero-order valence-corrected chi connectivity index (χ0v) is 20.5. The maximum Gasteiger partial charge on any atom is 0.306 e. The molecule has 34 heavy (non-hydrogen) atoms. The molecule has 2 saturated carbocycles. The minimum atomic E-state index is -0.223. The van der Waals surface area contributed by atoms with Gasteiger partial charge in [-0.2, -0.15) is 0 Å². The van der Waals surface area contributed by atoms with Crippen molar-refractivity contribution in [1.82, 2.24) is 0 Å². The van der Waals surface area contributed by atoms with E-state index in [4.69, 9.17) is 9.47 Å². The molecular weight excluding hydrogens is 427 g/mol. The van der Waals surface area contributed by atoms with Crippen LogP contribution in [-0.4, -0.2) is 12.1 Å². The summed E-state index contributed by atoms with van der Waals surface area (Å²) in [4.78, 5) is 12.4. The van der Waals surface area contributed by atoms with Crippen LogP contribution < -0.4 is 4.74 Å². The van der Waals surface area contributed by atoms with Gasteiger partial charge in [0.05, 0.1) is 0 Å². The van der Waals surface area contributed by atoms with Gasteiger partial charge in [0, 0.05) is 17.4 Å². The number of fused-ring (bicyclic) bond motifs is 5. The third kappa shape index (κ3) is 4.36. The lowest BCUT2D eigenvalue weighted by Gasteiger charge is -2.50. The summed E-state index contributed by atoms with van der Waals surface area (Å²) in [6.45, 7) is 4.74. The molecule has 0 radical (unpaired) electrons. The summed E-state index contributed by atoms with van der Waals surface area (Å²) in [5, 5.41) is 0. The second kappa shape index (κ2) is 9.71. The smallest absolute Gasteiger partial charge is 0.306 e. The molecule has 3 aliphatic carbocycles. The number of halogens is 1. The highest BCUT2D eigenvalue weighted by atomic mass is 19.1. The fourth-order valence-electron chi connectivity index (χ4n) is 7.11. The van der Waals surface area contributed by atoms with E-state index < -0.39 is 0 Å². The van der Waals surface area contributed by atoms with Crippen LogP contribution in [0.5, 0.6) is 5.75 Å². The standard InChI is InChI=1S/C30H37FO3/c1-3-4-9-29(32)34-28-15-14-26-25-12-10-20-18-22(33-19-21-7-5-6-8-27(21)31)11-13-23(20)24(25)16-17-30(26,28)2/h5-8,11,13,18,24-26,28H,3-4,9-10,12,14-17,19H2,1-2H3/t24-,25-,26+,28+,30-/m0/s1. The molecule has 2 aromatic carbocycles. The predicted molar refractivity (Wildman–Crippen MR) is 131 cm³/mol. The molecule has 0 aromatic heterocycles. The Morgan fingerprint density at radius 3 is 2.79 bits per heavy atom. The lowest BCUT2D eigenvalue weighted by atomic mass is 9.55. The fraction of sp³-hybridized carbons (Fsp3) is 0.567. The van der Waals surface area contributed by atoms with Crippen molar-refractivity contribution in [3.63, 3.8) is 0 Å². The minimum Gasteiger partial charge on any atom is -0.489 e. The Hall–Kier alpha value is -2.36. The van der Waals surface area contributed by atoms with Crippen LogP contribution in [0.25, 0.3) is 0 Å². The molecule has 3 nitrogen and oxygen atoms in total. The molecule has 0 N–H and O–H groups in total. The van der Waals surface area contributed by atoms with Gasteiger partial charge in [0.25, 0.3) is 0 Å². The van der Waals surface area contributed by atoms with Crippen molar-refractivity contribution in [2.45, 2.75) is 90.3 Å². The van der Waals surface area contributed by atoms with E-state index in [1.807, 2.05) is 6.07 Å². The molecule has 5 rings (SSSR count). The number of esters is 1. The first-order valence-electron chi connectivity index (χ1n) is 13.2. The Bertz CT molecular complexity index is 1030. The fourth-order valence-corrected chi connectivity index (χ4v) is 7.11. The minimum absolute atomic E-state index is 0.00671. The molecule has 0 unspecified atom stereocenters. The number of benzene rings is 2. The van der Waals surface area contributed by atoms with Gasteiger partial charge in [-0.05, 0) is 92.0 Å². The highest BCUT2D eigenvalue weighted by Crippen LogP contribution is 2.61. The first-order chi connectivity index (χ1) is 16.5. The number of carbonyl (C=O) groups is 1. The Kier molecular flexibility index (Phi) is 6.68. The number of hydrogen-bond acceptors (Lipinski definition) is 3. The number of rotatable bonds is 7. The molecule has 0 amide bonds. The number of aryl methyl sites for hydroxylation is 1. The summed E-state index contributed by atoms with van der Waals surface area (Å²) in [5.41, 5.74) is 3.55. The average Bonchev–Trinajstić information content (AvgIpc) is 3.17. The lowest BCUT2D eigenvalue weighted by molar-refractivity contribution is -0.157. The molecular formula is C30H37FO3. The van der Waals surface area contributed by atoms with Crippen LogP contribution in [0, 0.1) is 23.1 Å². The number of ether oxygens (including phenoxy) is 2. The molecule has 0 bridgehead atoms. The first-order valence-corrected chi connectivity index (χ1v) is 13.2. The van der Waals surface area contributed by atoms with Crippen LogP contribution in [-0.2, 0) is 22.6 Å². The van der Waals surface area contributed by atoms with Crippen LogP contribution in [0.2, 0.25) is 0 Å². The maximum atomic E-state index is 13.9. The molecule has 3 aliphatic rings. The van der Waals surface area contributed by atoms with E-state index in [0.717, 1.165) is 44.3 Å². The van der Waals surface area contributed by atoms with Gasteiger partial charge >= 0.3 is 5.97 Å². The van der Waals surface area contributed by atoms with Crippen LogP contribution >= 0.6 is 0 Å². The van der Waals surface area contributed by atoms with Crippen molar-refractivity contribution in [3.05, 3.63) is 65.0 Å². The molecule has 0 heterocycles. The number of unbranched alkanes of at least 4 members (excludes halogenated alkanes) is 1. The zero-order chi connectivity index (χ0) is 23.7. The second-order valence-corrected chi connectivity index (χ2v) is 10.9. The van der Waals surface area contributed by atoms with Crippen molar-refractivity contribution in [2.75, 3.05) is 0 Å². The van der Waals surface area contributed by atoms with Gasteiger partial charge in [-0.25, -0.2) is 4.39 Å². The van der Waals surface area contributed by atoms with Gasteiger partial charge in [0.1, 0.15) is 24.3 Å². The first kappa shape index (κ1) is 23.4. The average molecular weight is 465 g/mol. The monoisotopic (exact) mass is 464 g/mol. The van der Waals surface area contributed by atoms with E-state index in [1.165, 1.54) is 30.0 Å². The third-order valence-corrected chi connectivity index (χ3v) is 8.97. The Morgan fingerprint density at radius 1 is 1.12 bits per heavy atom. The SMILES string of the molecule is CCCCC(=O)O[C@@H]1CC[C@@H]2[C@H]3CCc4cc(OCc5ccccc5F)ccc4[C@@H]3CC[C@@]21C. The van der Waals surface area contributed by atoms with Gasteiger partial charge in [0.15, 0.2) is 0 Å². The summed E-state index contributed by atoms with van der Waals surface area (Å²) in [6.07, 6.45) is 9.27. The van der Waals surface area contributed by atoms with E-state index in [0.29, 0.717) is 29.7 Å². The van der Waals surface area contributed by atoms with E-state index >= 15 is 0 Å². The molecule has 4 heteroatoms. The van der Waals surface area contributed by atoms with Gasteiger partial charge in [-0.15, -0.1) is 0 Å². The van der Waals surface area contributed by atoms with Crippen molar-refractivity contribution < 1.29 is 18.7 Å². The third-order valence-electron chi connectivity index (χ3n) is 8.97. The maximum absolute atomic E-state index is 13.9. The summed E-state index contributed by atoms with van der Waals surface area (Å²) < 4.78 is 25.9. The Morgan fingerprint density at radius 2 is 1.97 bits per heavy atom. The van der Waals surface area contributed by atoms with Crippen LogP contribution in [0.1, 0.15) is 87.8 Å². The van der Waals surface area contributed by atoms with Gasteiger partial charge in [-0.1, -0.05) is 44.5 Å². The number of hydrogen-bond donors (Lipinski definition) is 0. The predicted octanol–water partition coefficient (Wildman–Crippen LogP) is 7.36. The highest BCUT2D eigenvalue weighted by Gasteiger charge is 2.56. The van der Waals surface area contributed by atoms with Gasteiger partial charge in [-0.3, -0.25) is 4.79 Å². The molecule has 0 aliphatic heterocycles. The molecule has 2 aromatic rings.